The molecular formula is C15H22N2. The largest absolute Gasteiger partial charge is 0.368 e. The van der Waals surface area contributed by atoms with Gasteiger partial charge in [0, 0.05) is 18.3 Å². The zero-order valence-electron chi connectivity index (χ0n) is 10.5. The van der Waals surface area contributed by atoms with Crippen LogP contribution in [-0.2, 0) is 6.42 Å². The van der Waals surface area contributed by atoms with E-state index in [2.05, 4.69) is 34.5 Å². The van der Waals surface area contributed by atoms with Crippen molar-refractivity contribution in [2.75, 3.05) is 24.5 Å². The van der Waals surface area contributed by atoms with Crippen molar-refractivity contribution in [1.29, 1.82) is 0 Å². The van der Waals surface area contributed by atoms with Crippen LogP contribution in [0.1, 0.15) is 31.2 Å². The standard InChI is InChI=1S/C15H22N2/c1-2-7-15-13(5-1)6-3-4-12-17(15)14-8-10-16-11-9-14/h1-2,5,7,14,16H,3-4,6,8-12H2. The SMILES string of the molecule is c1ccc2c(c1)CCCCN2C1CCNCC1. The zero-order chi connectivity index (χ0) is 11.5. The summed E-state index contributed by atoms with van der Waals surface area (Å²) in [5.74, 6) is 0. The molecule has 2 heterocycles. The minimum atomic E-state index is 0.760. The van der Waals surface area contributed by atoms with Crippen molar-refractivity contribution in [3.8, 4) is 0 Å². The van der Waals surface area contributed by atoms with Gasteiger partial charge in [0.05, 0.1) is 0 Å². The molecule has 0 bridgehead atoms. The molecule has 0 aliphatic carbocycles. The lowest BCUT2D eigenvalue weighted by Gasteiger charge is -2.36. The minimum Gasteiger partial charge on any atom is -0.368 e. The van der Waals surface area contributed by atoms with Crippen LogP contribution in [0.5, 0.6) is 0 Å². The van der Waals surface area contributed by atoms with Gasteiger partial charge in [-0.05, 0) is 56.8 Å². The first-order valence-corrected chi connectivity index (χ1v) is 7.00. The average molecular weight is 230 g/mol. The molecule has 2 heteroatoms. The van der Waals surface area contributed by atoms with E-state index in [4.69, 9.17) is 0 Å². The second kappa shape index (κ2) is 5.09. The lowest BCUT2D eigenvalue weighted by molar-refractivity contribution is 0.428. The van der Waals surface area contributed by atoms with Gasteiger partial charge in [0.15, 0.2) is 0 Å². The highest BCUT2D eigenvalue weighted by Crippen LogP contribution is 2.29. The number of hydrogen-bond donors (Lipinski definition) is 1. The number of nitrogens with one attached hydrogen (secondary N) is 1. The second-order valence-corrected chi connectivity index (χ2v) is 5.26. The molecule has 92 valence electrons. The second-order valence-electron chi connectivity index (χ2n) is 5.26. The van der Waals surface area contributed by atoms with Gasteiger partial charge < -0.3 is 10.2 Å². The van der Waals surface area contributed by atoms with Crippen molar-refractivity contribution in [2.24, 2.45) is 0 Å². The maximum Gasteiger partial charge on any atom is 0.0401 e. The van der Waals surface area contributed by atoms with Crippen molar-refractivity contribution in [1.82, 2.24) is 5.32 Å². The van der Waals surface area contributed by atoms with E-state index in [9.17, 15) is 0 Å². The Hall–Kier alpha value is -1.02. The molecule has 1 saturated heterocycles. The van der Waals surface area contributed by atoms with E-state index in [0.717, 1.165) is 6.04 Å². The number of rotatable bonds is 1. The summed E-state index contributed by atoms with van der Waals surface area (Å²) in [6.07, 6.45) is 6.55. The molecule has 0 aromatic heterocycles. The van der Waals surface area contributed by atoms with E-state index in [-0.39, 0.29) is 0 Å². The van der Waals surface area contributed by atoms with Crippen LogP contribution >= 0.6 is 0 Å². The molecular weight excluding hydrogens is 208 g/mol. The number of anilines is 1. The molecule has 2 aliphatic heterocycles. The van der Waals surface area contributed by atoms with E-state index >= 15 is 0 Å². The normalized spacial score (nSPS) is 22.0. The Labute approximate surface area is 104 Å². The maximum absolute atomic E-state index is 3.47. The van der Waals surface area contributed by atoms with Crippen molar-refractivity contribution in [3.05, 3.63) is 29.8 Å². The molecule has 2 nitrogen and oxygen atoms in total. The van der Waals surface area contributed by atoms with E-state index in [1.165, 1.54) is 57.4 Å². The molecule has 1 aromatic rings. The molecule has 1 aromatic carbocycles. The molecule has 0 radical (unpaired) electrons. The lowest BCUT2D eigenvalue weighted by Crippen LogP contribution is -2.43. The number of aryl methyl sites for hydroxylation is 1. The van der Waals surface area contributed by atoms with E-state index in [0.29, 0.717) is 0 Å². The van der Waals surface area contributed by atoms with Crippen molar-refractivity contribution >= 4 is 5.69 Å². The number of para-hydroxylation sites is 1. The third-order valence-electron chi connectivity index (χ3n) is 4.15. The van der Waals surface area contributed by atoms with Gasteiger partial charge in [-0.25, -0.2) is 0 Å². The molecule has 0 unspecified atom stereocenters. The van der Waals surface area contributed by atoms with E-state index in [1.54, 1.807) is 5.56 Å². The molecule has 17 heavy (non-hydrogen) atoms. The first kappa shape index (κ1) is 11.1. The highest BCUT2D eigenvalue weighted by Gasteiger charge is 2.23. The molecule has 2 aliphatic rings. The molecule has 1 fully saturated rings. The number of hydrogen-bond acceptors (Lipinski definition) is 2. The summed E-state index contributed by atoms with van der Waals surface area (Å²) in [7, 11) is 0. The molecule has 0 atom stereocenters. The van der Waals surface area contributed by atoms with Gasteiger partial charge in [0.1, 0.15) is 0 Å². The Kier molecular flexibility index (Phi) is 3.32. The Morgan fingerprint density at radius 2 is 1.88 bits per heavy atom. The van der Waals surface area contributed by atoms with E-state index in [1.807, 2.05) is 0 Å². The molecule has 0 saturated carbocycles. The van der Waals surface area contributed by atoms with E-state index < -0.39 is 0 Å². The minimum absolute atomic E-state index is 0.760. The summed E-state index contributed by atoms with van der Waals surface area (Å²) in [4.78, 5) is 2.68. The van der Waals surface area contributed by atoms with Gasteiger partial charge in [-0.2, -0.15) is 0 Å². The number of fused-ring (bicyclic) bond motifs is 1. The number of piperidine rings is 1. The monoisotopic (exact) mass is 230 g/mol. The Balaban J connectivity index is 1.88. The van der Waals surface area contributed by atoms with Crippen molar-refractivity contribution in [2.45, 2.75) is 38.1 Å². The average Bonchev–Trinajstić information content (AvgIpc) is 2.62. The van der Waals surface area contributed by atoms with Gasteiger partial charge in [-0.1, -0.05) is 18.2 Å². The maximum atomic E-state index is 3.47. The lowest BCUT2D eigenvalue weighted by atomic mass is 10.0. The fourth-order valence-electron chi connectivity index (χ4n) is 3.22. The topological polar surface area (TPSA) is 15.3 Å². The molecule has 0 spiro atoms. The highest BCUT2D eigenvalue weighted by molar-refractivity contribution is 5.55. The van der Waals surface area contributed by atoms with Gasteiger partial charge in [-0.3, -0.25) is 0 Å². The summed E-state index contributed by atoms with van der Waals surface area (Å²) in [5.41, 5.74) is 3.07. The van der Waals surface area contributed by atoms with Crippen LogP contribution in [0.2, 0.25) is 0 Å². The van der Waals surface area contributed by atoms with Gasteiger partial charge >= 0.3 is 0 Å². The quantitative estimate of drug-likeness (QED) is 0.797. The fraction of sp³-hybridized carbons (Fsp3) is 0.600. The first-order valence-electron chi connectivity index (χ1n) is 7.00. The van der Waals surface area contributed by atoms with Crippen molar-refractivity contribution in [3.63, 3.8) is 0 Å². The fourth-order valence-corrected chi connectivity index (χ4v) is 3.22. The van der Waals surface area contributed by atoms with Gasteiger partial charge in [0.25, 0.3) is 0 Å². The zero-order valence-corrected chi connectivity index (χ0v) is 10.5. The Morgan fingerprint density at radius 3 is 2.76 bits per heavy atom. The number of nitrogens with zero attached hydrogens (tertiary/aromatic N) is 1. The number of benzene rings is 1. The van der Waals surface area contributed by atoms with Crippen LogP contribution in [0.3, 0.4) is 0 Å². The highest BCUT2D eigenvalue weighted by atomic mass is 15.2. The molecule has 0 amide bonds. The van der Waals surface area contributed by atoms with Crippen LogP contribution < -0.4 is 10.2 Å². The van der Waals surface area contributed by atoms with Crippen LogP contribution in [0.4, 0.5) is 5.69 Å². The van der Waals surface area contributed by atoms with Crippen LogP contribution in [0.15, 0.2) is 24.3 Å². The summed E-state index contributed by atoms with van der Waals surface area (Å²) in [5, 5.41) is 3.47. The first-order chi connectivity index (χ1) is 8.45. The summed E-state index contributed by atoms with van der Waals surface area (Å²) >= 11 is 0. The predicted octanol–water partition coefficient (Wildman–Crippen LogP) is 2.58. The summed E-state index contributed by atoms with van der Waals surface area (Å²) < 4.78 is 0. The summed E-state index contributed by atoms with van der Waals surface area (Å²) in [6, 6.07) is 9.77. The Morgan fingerprint density at radius 1 is 1.06 bits per heavy atom. The molecule has 3 rings (SSSR count). The van der Waals surface area contributed by atoms with Crippen molar-refractivity contribution < 1.29 is 0 Å². The van der Waals surface area contributed by atoms with Crippen LogP contribution in [0.25, 0.3) is 0 Å². The molecule has 1 N–H and O–H groups in total. The third kappa shape index (κ3) is 2.32. The third-order valence-corrected chi connectivity index (χ3v) is 4.15. The van der Waals surface area contributed by atoms with Crippen LogP contribution in [0, 0.1) is 0 Å². The predicted molar refractivity (Wildman–Crippen MR) is 72.6 cm³/mol. The van der Waals surface area contributed by atoms with Crippen LogP contribution in [-0.4, -0.2) is 25.7 Å². The summed E-state index contributed by atoms with van der Waals surface area (Å²) in [6.45, 7) is 3.62. The van der Waals surface area contributed by atoms with Gasteiger partial charge in [-0.15, -0.1) is 0 Å². The van der Waals surface area contributed by atoms with Gasteiger partial charge in [0.2, 0.25) is 0 Å². The smallest absolute Gasteiger partial charge is 0.0401 e. The Bertz CT molecular complexity index is 369.